The Hall–Kier alpha value is -4.27. The number of carbonyl (C=O) groups is 2. The molecule has 0 saturated heterocycles. The van der Waals surface area contributed by atoms with Gasteiger partial charge in [0.05, 0.1) is 0 Å². The van der Waals surface area contributed by atoms with E-state index in [1.54, 1.807) is 30.3 Å². The van der Waals surface area contributed by atoms with Crippen LogP contribution in [-0.4, -0.2) is 16.9 Å². The zero-order chi connectivity index (χ0) is 25.2. The van der Waals surface area contributed by atoms with Gasteiger partial charge >= 0.3 is 0 Å². The molecule has 0 bridgehead atoms. The lowest BCUT2D eigenvalue weighted by atomic mass is 10.1. The van der Waals surface area contributed by atoms with Crippen LogP contribution in [0.15, 0.2) is 108 Å². The van der Waals surface area contributed by atoms with E-state index in [1.165, 1.54) is 11.3 Å². The molecule has 0 saturated carbocycles. The highest BCUT2D eigenvalue weighted by Gasteiger charge is 2.15. The summed E-state index contributed by atoms with van der Waals surface area (Å²) in [7, 11) is 0. The molecule has 0 radical (unpaired) electrons. The summed E-state index contributed by atoms with van der Waals surface area (Å²) in [5.74, 6) is -0.750. The summed E-state index contributed by atoms with van der Waals surface area (Å²) in [6.45, 7) is 0.235. The Kier molecular flexibility index (Phi) is 8.58. The van der Waals surface area contributed by atoms with Gasteiger partial charge in [-0.25, -0.2) is 0 Å². The summed E-state index contributed by atoms with van der Waals surface area (Å²) in [5.41, 5.74) is 3.11. The molecule has 4 rings (SSSR count). The van der Waals surface area contributed by atoms with Gasteiger partial charge in [0.2, 0.25) is 0 Å². The lowest BCUT2D eigenvalue weighted by molar-refractivity contribution is -0.117. The third-order valence-electron chi connectivity index (χ3n) is 5.10. The van der Waals surface area contributed by atoms with Crippen LogP contribution >= 0.6 is 23.6 Å². The molecule has 36 heavy (non-hydrogen) atoms. The van der Waals surface area contributed by atoms with E-state index in [0.717, 1.165) is 21.8 Å². The molecule has 4 N–H and O–H groups in total. The Balaban J connectivity index is 1.44. The van der Waals surface area contributed by atoms with Crippen molar-refractivity contribution in [2.24, 2.45) is 0 Å². The molecule has 4 aromatic rings. The van der Waals surface area contributed by atoms with E-state index in [4.69, 9.17) is 12.2 Å². The normalized spacial score (nSPS) is 10.8. The Morgan fingerprint density at radius 3 is 2.22 bits per heavy atom. The zero-order valence-corrected chi connectivity index (χ0v) is 20.9. The summed E-state index contributed by atoms with van der Waals surface area (Å²) >= 11 is 6.93. The number of thiophene rings is 1. The van der Waals surface area contributed by atoms with Gasteiger partial charge in [-0.3, -0.25) is 9.59 Å². The molecule has 1 heterocycles. The number of rotatable bonds is 8. The van der Waals surface area contributed by atoms with Crippen LogP contribution in [0.3, 0.4) is 0 Å². The summed E-state index contributed by atoms with van der Waals surface area (Å²) in [6.07, 6.45) is 1.67. The summed E-state index contributed by atoms with van der Waals surface area (Å²) < 4.78 is 0. The van der Waals surface area contributed by atoms with E-state index in [1.807, 2.05) is 78.2 Å². The van der Waals surface area contributed by atoms with Crippen molar-refractivity contribution in [2.75, 3.05) is 10.6 Å². The van der Waals surface area contributed by atoms with Gasteiger partial charge in [0.15, 0.2) is 5.11 Å². The maximum Gasteiger partial charge on any atom is 0.268 e. The van der Waals surface area contributed by atoms with Crippen LogP contribution in [0.2, 0.25) is 0 Å². The Labute approximate surface area is 219 Å². The highest BCUT2D eigenvalue weighted by Crippen LogP contribution is 2.17. The van der Waals surface area contributed by atoms with Crippen molar-refractivity contribution in [3.05, 3.63) is 124 Å². The Bertz CT molecular complexity index is 1350. The quantitative estimate of drug-likeness (QED) is 0.181. The van der Waals surface area contributed by atoms with Crippen LogP contribution in [0.4, 0.5) is 11.4 Å². The maximum absolute atomic E-state index is 13.1. The first-order chi connectivity index (χ1) is 17.6. The molecule has 6 nitrogen and oxygen atoms in total. The predicted molar refractivity (Wildman–Crippen MR) is 151 cm³/mol. The minimum Gasteiger partial charge on any atom is -0.347 e. The number of thiocarbonyl (C=S) groups is 1. The molecule has 2 amide bonds. The van der Waals surface area contributed by atoms with Crippen LogP contribution < -0.4 is 21.3 Å². The van der Waals surface area contributed by atoms with E-state index in [-0.39, 0.29) is 18.1 Å². The number of para-hydroxylation sites is 2. The molecule has 1 aromatic heterocycles. The standard InChI is InChI=1S/C28H24N4O2S2/c33-26(20-10-3-1-4-11-20)31-25(18-23-15-9-17-36-23)27(34)29-19-21-12-7-8-16-24(21)32-28(35)30-22-13-5-2-6-14-22/h1-18H,19H2,(H,29,34)(H,31,33)(H2,30,32,35). The van der Waals surface area contributed by atoms with Crippen molar-refractivity contribution in [3.8, 4) is 0 Å². The van der Waals surface area contributed by atoms with Crippen molar-refractivity contribution < 1.29 is 9.59 Å². The lowest BCUT2D eigenvalue weighted by Crippen LogP contribution is -2.34. The number of nitrogens with one attached hydrogen (secondary N) is 4. The topological polar surface area (TPSA) is 82.3 Å². The van der Waals surface area contributed by atoms with Gasteiger partial charge in [-0.05, 0) is 65.6 Å². The van der Waals surface area contributed by atoms with Crippen LogP contribution in [0.5, 0.6) is 0 Å². The fourth-order valence-electron chi connectivity index (χ4n) is 3.33. The first-order valence-electron chi connectivity index (χ1n) is 11.2. The predicted octanol–water partition coefficient (Wildman–Crippen LogP) is 5.64. The van der Waals surface area contributed by atoms with Crippen LogP contribution in [0, 0.1) is 0 Å². The molecular formula is C28H24N4O2S2. The van der Waals surface area contributed by atoms with E-state index in [2.05, 4.69) is 21.3 Å². The second-order valence-corrected chi connectivity index (χ2v) is 9.07. The third-order valence-corrected chi connectivity index (χ3v) is 6.12. The molecule has 0 spiro atoms. The number of anilines is 2. The number of amides is 2. The molecular weight excluding hydrogens is 488 g/mol. The van der Waals surface area contributed by atoms with Crippen molar-refractivity contribution in [1.82, 2.24) is 10.6 Å². The fraction of sp³-hybridized carbons (Fsp3) is 0.0357. The van der Waals surface area contributed by atoms with E-state index in [0.29, 0.717) is 10.7 Å². The van der Waals surface area contributed by atoms with E-state index >= 15 is 0 Å². The molecule has 0 unspecified atom stereocenters. The molecule has 3 aromatic carbocycles. The largest absolute Gasteiger partial charge is 0.347 e. The SMILES string of the molecule is O=C(NCc1ccccc1NC(=S)Nc1ccccc1)C(=Cc1cccs1)NC(=O)c1ccccc1. The first kappa shape index (κ1) is 24.8. The highest BCUT2D eigenvalue weighted by atomic mass is 32.1. The first-order valence-corrected chi connectivity index (χ1v) is 12.5. The zero-order valence-electron chi connectivity index (χ0n) is 19.2. The molecule has 0 aliphatic heterocycles. The minimum absolute atomic E-state index is 0.165. The highest BCUT2D eigenvalue weighted by molar-refractivity contribution is 7.80. The van der Waals surface area contributed by atoms with Crippen LogP contribution in [0.25, 0.3) is 6.08 Å². The van der Waals surface area contributed by atoms with Crippen molar-refractivity contribution in [2.45, 2.75) is 6.54 Å². The Morgan fingerprint density at radius 1 is 0.806 bits per heavy atom. The second-order valence-electron chi connectivity index (χ2n) is 7.68. The minimum atomic E-state index is -0.396. The summed E-state index contributed by atoms with van der Waals surface area (Å²) in [5, 5.41) is 14.3. The summed E-state index contributed by atoms with van der Waals surface area (Å²) in [4.78, 5) is 26.7. The molecule has 8 heteroatoms. The molecule has 0 aliphatic carbocycles. The van der Waals surface area contributed by atoms with E-state index < -0.39 is 5.91 Å². The van der Waals surface area contributed by atoms with E-state index in [9.17, 15) is 9.59 Å². The van der Waals surface area contributed by atoms with Gasteiger partial charge in [-0.15, -0.1) is 11.3 Å². The molecule has 0 fully saturated rings. The van der Waals surface area contributed by atoms with Gasteiger partial charge < -0.3 is 21.3 Å². The van der Waals surface area contributed by atoms with Gasteiger partial charge in [-0.1, -0.05) is 60.7 Å². The number of hydrogen-bond acceptors (Lipinski definition) is 4. The number of benzene rings is 3. The molecule has 180 valence electrons. The lowest BCUT2D eigenvalue weighted by Gasteiger charge is -2.15. The second kappa shape index (κ2) is 12.4. The summed E-state index contributed by atoms with van der Waals surface area (Å²) in [6, 6.07) is 29.7. The van der Waals surface area contributed by atoms with Crippen molar-refractivity contribution in [1.29, 1.82) is 0 Å². The average Bonchev–Trinajstić information content (AvgIpc) is 3.42. The van der Waals surface area contributed by atoms with Crippen molar-refractivity contribution in [3.63, 3.8) is 0 Å². The van der Waals surface area contributed by atoms with Crippen molar-refractivity contribution >= 4 is 57.9 Å². The number of hydrogen-bond donors (Lipinski definition) is 4. The van der Waals surface area contributed by atoms with Gasteiger partial charge in [0.25, 0.3) is 11.8 Å². The number of carbonyl (C=O) groups excluding carboxylic acids is 2. The van der Waals surface area contributed by atoms with Crippen LogP contribution in [0.1, 0.15) is 20.8 Å². The average molecular weight is 513 g/mol. The fourth-order valence-corrected chi connectivity index (χ4v) is 4.22. The third kappa shape index (κ3) is 7.11. The van der Waals surface area contributed by atoms with Crippen LogP contribution in [-0.2, 0) is 11.3 Å². The van der Waals surface area contributed by atoms with Gasteiger partial charge in [0, 0.05) is 28.4 Å². The molecule has 0 aliphatic rings. The van der Waals surface area contributed by atoms with Gasteiger partial charge in [-0.2, -0.15) is 0 Å². The maximum atomic E-state index is 13.1. The Morgan fingerprint density at radius 2 is 1.50 bits per heavy atom. The monoisotopic (exact) mass is 512 g/mol. The molecule has 0 atom stereocenters. The van der Waals surface area contributed by atoms with Gasteiger partial charge in [0.1, 0.15) is 5.70 Å². The smallest absolute Gasteiger partial charge is 0.268 e.